The number of likely N-dealkylation sites (N-methyl/N-ethyl adjacent to an activating group) is 1. The summed E-state index contributed by atoms with van der Waals surface area (Å²) in [6.45, 7) is 5.35. The number of benzene rings is 2. The predicted molar refractivity (Wildman–Crippen MR) is 168 cm³/mol. The highest BCUT2D eigenvalue weighted by molar-refractivity contribution is 7.78. The lowest BCUT2D eigenvalue weighted by atomic mass is 9.80. The second kappa shape index (κ2) is 16.0. The maximum atomic E-state index is 10.3. The van der Waals surface area contributed by atoms with Crippen LogP contribution in [-0.4, -0.2) is 54.1 Å². The van der Waals surface area contributed by atoms with E-state index >= 15 is 0 Å². The van der Waals surface area contributed by atoms with Gasteiger partial charge in [-0.2, -0.15) is 0 Å². The van der Waals surface area contributed by atoms with Crippen molar-refractivity contribution in [2.24, 2.45) is 0 Å². The molecular weight excluding hydrogens is 487 g/mol. The van der Waals surface area contributed by atoms with E-state index in [2.05, 4.69) is 43.2 Å². The molecule has 6 heteroatoms. The molecule has 3 N–H and O–H groups in total. The van der Waals surface area contributed by atoms with Gasteiger partial charge in [-0.05, 0) is 86.4 Å². The Hall–Kier alpha value is -2.31. The first-order valence-corrected chi connectivity index (χ1v) is 14.3. The molecule has 1 unspecified atom stereocenters. The van der Waals surface area contributed by atoms with Crippen LogP contribution in [0.25, 0.3) is 5.57 Å². The van der Waals surface area contributed by atoms with Gasteiger partial charge in [0.2, 0.25) is 0 Å². The second-order valence-corrected chi connectivity index (χ2v) is 10.8. The Morgan fingerprint density at radius 3 is 2.50 bits per heavy atom. The molecule has 1 heterocycles. The molecule has 4 nitrogen and oxygen atoms in total. The lowest BCUT2D eigenvalue weighted by Crippen LogP contribution is -2.40. The first kappa shape index (κ1) is 31.9. The number of hydrogen-bond donors (Lipinski definition) is 3. The van der Waals surface area contributed by atoms with Gasteiger partial charge < -0.3 is 15.5 Å². The van der Waals surface area contributed by atoms with Gasteiger partial charge in [0.15, 0.2) is 0 Å². The molecule has 4 rings (SSSR count). The van der Waals surface area contributed by atoms with Crippen molar-refractivity contribution in [1.82, 2.24) is 10.2 Å². The molecule has 2 aliphatic rings. The van der Waals surface area contributed by atoms with Crippen LogP contribution in [-0.2, 0) is 6.42 Å². The Kier molecular flexibility index (Phi) is 13.4. The van der Waals surface area contributed by atoms with Crippen molar-refractivity contribution in [1.29, 1.82) is 0 Å². The molecule has 1 aliphatic carbocycles. The SMILES string of the molecule is C.S=CNC1CCCCC1.[B]c1ccc(C)c(C2=C(CCCC)C(Cc3ccc(O)cc3O)N(C)CC2)c1. The lowest BCUT2D eigenvalue weighted by molar-refractivity contribution is 0.257. The first-order chi connectivity index (χ1) is 17.8. The number of hydrogen-bond acceptors (Lipinski definition) is 4. The van der Waals surface area contributed by atoms with Crippen LogP contribution in [0.15, 0.2) is 42.0 Å². The normalized spacial score (nSPS) is 18.2. The summed E-state index contributed by atoms with van der Waals surface area (Å²) in [7, 11) is 8.27. The zero-order valence-corrected chi connectivity index (χ0v) is 23.6. The number of rotatable bonds is 8. The average Bonchev–Trinajstić information content (AvgIpc) is 2.88. The summed E-state index contributed by atoms with van der Waals surface area (Å²) in [5.74, 6) is 0.256. The Labute approximate surface area is 238 Å². The van der Waals surface area contributed by atoms with Crippen LogP contribution in [0.1, 0.15) is 88.8 Å². The highest BCUT2D eigenvalue weighted by Crippen LogP contribution is 2.37. The Morgan fingerprint density at radius 1 is 1.11 bits per heavy atom. The Balaban J connectivity index is 0.000000430. The molecular formula is C32H47BN2O2S. The van der Waals surface area contributed by atoms with Crippen LogP contribution in [0.5, 0.6) is 11.5 Å². The van der Waals surface area contributed by atoms with Gasteiger partial charge in [-0.3, -0.25) is 4.90 Å². The minimum absolute atomic E-state index is 0. The van der Waals surface area contributed by atoms with E-state index in [-0.39, 0.29) is 25.0 Å². The van der Waals surface area contributed by atoms with Crippen LogP contribution in [0.3, 0.4) is 0 Å². The van der Waals surface area contributed by atoms with E-state index in [1.54, 1.807) is 11.6 Å². The monoisotopic (exact) mass is 534 g/mol. The molecule has 0 aromatic heterocycles. The molecule has 1 fully saturated rings. The fraction of sp³-hybridized carbons (Fsp3) is 0.531. The van der Waals surface area contributed by atoms with Gasteiger partial charge in [-0.15, -0.1) is 0 Å². The molecule has 0 spiro atoms. The van der Waals surface area contributed by atoms with Gasteiger partial charge >= 0.3 is 0 Å². The molecule has 1 atom stereocenters. The fourth-order valence-corrected chi connectivity index (χ4v) is 5.80. The van der Waals surface area contributed by atoms with Crippen LogP contribution >= 0.6 is 12.2 Å². The van der Waals surface area contributed by atoms with E-state index in [0.29, 0.717) is 6.04 Å². The maximum absolute atomic E-state index is 10.3. The van der Waals surface area contributed by atoms with Crippen molar-refractivity contribution in [3.8, 4) is 11.5 Å². The number of phenols is 2. The number of aromatic hydroxyl groups is 2. The average molecular weight is 535 g/mol. The molecule has 0 amide bonds. The lowest BCUT2D eigenvalue weighted by Gasteiger charge is -2.38. The van der Waals surface area contributed by atoms with E-state index in [9.17, 15) is 10.2 Å². The minimum atomic E-state index is 0. The minimum Gasteiger partial charge on any atom is -0.508 e. The van der Waals surface area contributed by atoms with Gasteiger partial charge in [-0.1, -0.05) is 82.0 Å². The quantitative estimate of drug-likeness (QED) is 0.263. The molecule has 2 aromatic rings. The zero-order valence-electron chi connectivity index (χ0n) is 22.8. The van der Waals surface area contributed by atoms with Crippen molar-refractivity contribution in [3.63, 3.8) is 0 Å². The summed E-state index contributed by atoms with van der Waals surface area (Å²) < 4.78 is 0. The van der Waals surface area contributed by atoms with Crippen LogP contribution < -0.4 is 10.8 Å². The molecule has 206 valence electrons. The maximum Gasteiger partial charge on any atom is 0.122 e. The molecule has 0 bridgehead atoms. The fourth-order valence-electron chi connectivity index (χ4n) is 5.61. The molecule has 1 saturated carbocycles. The van der Waals surface area contributed by atoms with Crippen LogP contribution in [0, 0.1) is 6.92 Å². The van der Waals surface area contributed by atoms with Crippen molar-refractivity contribution in [2.75, 3.05) is 13.6 Å². The summed E-state index contributed by atoms with van der Waals surface area (Å²) in [4.78, 5) is 2.39. The smallest absolute Gasteiger partial charge is 0.122 e. The van der Waals surface area contributed by atoms with Crippen molar-refractivity contribution in [3.05, 3.63) is 58.7 Å². The van der Waals surface area contributed by atoms with Gasteiger partial charge in [0, 0.05) is 24.7 Å². The van der Waals surface area contributed by atoms with Gasteiger partial charge in [-0.25, -0.2) is 0 Å². The second-order valence-electron chi connectivity index (χ2n) is 10.6. The molecule has 1 aliphatic heterocycles. The van der Waals surface area contributed by atoms with Gasteiger partial charge in [0.25, 0.3) is 0 Å². The Morgan fingerprint density at radius 2 is 1.84 bits per heavy atom. The molecule has 0 saturated heterocycles. The third kappa shape index (κ3) is 8.88. The van der Waals surface area contributed by atoms with E-state index < -0.39 is 0 Å². The largest absolute Gasteiger partial charge is 0.508 e. The topological polar surface area (TPSA) is 55.7 Å². The number of unbranched alkanes of at least 4 members (excludes halogenated alkanes) is 1. The predicted octanol–water partition coefficient (Wildman–Crippen LogP) is 6.59. The summed E-state index contributed by atoms with van der Waals surface area (Å²) in [5.41, 5.74) is 8.71. The number of phenolic OH excluding ortho intramolecular Hbond substituents is 2. The zero-order chi connectivity index (χ0) is 26.8. The number of nitrogens with one attached hydrogen (secondary N) is 1. The van der Waals surface area contributed by atoms with E-state index in [4.69, 9.17) is 20.1 Å². The third-order valence-electron chi connectivity index (χ3n) is 7.81. The van der Waals surface area contributed by atoms with Gasteiger partial charge in [0.05, 0.1) is 5.49 Å². The summed E-state index contributed by atoms with van der Waals surface area (Å²) >= 11 is 4.70. The molecule has 38 heavy (non-hydrogen) atoms. The highest BCUT2D eigenvalue weighted by Gasteiger charge is 2.29. The van der Waals surface area contributed by atoms with E-state index in [1.807, 2.05) is 12.1 Å². The van der Waals surface area contributed by atoms with Crippen LogP contribution in [0.4, 0.5) is 0 Å². The van der Waals surface area contributed by atoms with Gasteiger partial charge in [0.1, 0.15) is 19.3 Å². The Bertz CT molecular complexity index is 1070. The number of aryl methyl sites for hydroxylation is 1. The van der Waals surface area contributed by atoms with E-state index in [0.717, 1.165) is 49.7 Å². The van der Waals surface area contributed by atoms with Crippen molar-refractivity contribution < 1.29 is 10.2 Å². The van der Waals surface area contributed by atoms with Crippen molar-refractivity contribution in [2.45, 2.75) is 97.6 Å². The summed E-state index contributed by atoms with van der Waals surface area (Å²) in [6, 6.07) is 12.0. The number of nitrogens with zero attached hydrogens (tertiary/aromatic N) is 1. The molecule has 2 aromatic carbocycles. The standard InChI is InChI=1S/C24H30BNO2.C7H13NS.CH4/c1-4-5-6-21-20(22-14-18(25)9-7-16(22)2)11-12-26(3)23(21)13-17-8-10-19(27)15-24(17)28;9-6-8-7-4-2-1-3-5-7;/h7-10,14-15,23,27-28H,4-6,11-13H2,1-3H3;6-7H,1-5H2,(H,8,9);1H4. The first-order valence-electron chi connectivity index (χ1n) is 13.8. The third-order valence-corrected chi connectivity index (χ3v) is 7.95. The van der Waals surface area contributed by atoms with Crippen LogP contribution in [0.2, 0.25) is 0 Å². The highest BCUT2D eigenvalue weighted by atomic mass is 32.1. The molecule has 2 radical (unpaired) electrons. The summed E-state index contributed by atoms with van der Waals surface area (Å²) in [6.07, 6.45) is 11.9. The number of thiocarbonyl (C=S) groups is 1. The summed E-state index contributed by atoms with van der Waals surface area (Å²) in [5, 5.41) is 23.1. The van der Waals surface area contributed by atoms with Crippen molar-refractivity contribution >= 4 is 36.6 Å². The van der Waals surface area contributed by atoms with E-state index in [1.165, 1.54) is 60.4 Å².